The maximum Gasteiger partial charge on any atom is 0.187 e. The van der Waals surface area contributed by atoms with Gasteiger partial charge in [-0.15, -0.1) is 0 Å². The van der Waals surface area contributed by atoms with Crippen LogP contribution in [-0.2, 0) is 4.43 Å². The van der Waals surface area contributed by atoms with Gasteiger partial charge in [0.05, 0.1) is 6.07 Å². The molecule has 0 aliphatic heterocycles. The minimum atomic E-state index is -1.56. The van der Waals surface area contributed by atoms with Gasteiger partial charge in [-0.3, -0.25) is 0 Å². The van der Waals surface area contributed by atoms with E-state index in [0.29, 0.717) is 12.5 Å². The molecule has 0 aromatic rings. The van der Waals surface area contributed by atoms with Gasteiger partial charge in [-0.2, -0.15) is 5.26 Å². The Morgan fingerprint density at radius 1 is 1.33 bits per heavy atom. The highest BCUT2D eigenvalue weighted by atomic mass is 28.4. The Bertz CT molecular complexity index is 225. The molecule has 0 amide bonds. The van der Waals surface area contributed by atoms with Crippen molar-refractivity contribution in [1.29, 1.82) is 5.26 Å². The first-order valence-corrected chi connectivity index (χ1v) is 8.85. The second kappa shape index (κ2) is 5.67. The standard InChI is InChI=1S/C12H25NOSi/c1-11(12(2,3)4)14-15(5,6)10-8-7-9-13/h11H,7-8,10H2,1-6H3. The summed E-state index contributed by atoms with van der Waals surface area (Å²) in [5.41, 5.74) is 0.208. The maximum absolute atomic E-state index is 8.50. The van der Waals surface area contributed by atoms with E-state index in [4.69, 9.17) is 9.69 Å². The zero-order valence-corrected chi connectivity index (χ0v) is 12.1. The van der Waals surface area contributed by atoms with Crippen LogP contribution < -0.4 is 0 Å². The second-order valence-corrected chi connectivity index (χ2v) is 10.2. The minimum absolute atomic E-state index is 0.208. The quantitative estimate of drug-likeness (QED) is 0.526. The van der Waals surface area contributed by atoms with E-state index in [0.717, 1.165) is 12.5 Å². The Kier molecular flexibility index (Phi) is 5.54. The Labute approximate surface area is 95.8 Å². The van der Waals surface area contributed by atoms with Crippen LogP contribution in [0.3, 0.4) is 0 Å². The summed E-state index contributed by atoms with van der Waals surface area (Å²) in [6, 6.07) is 3.27. The van der Waals surface area contributed by atoms with Crippen LogP contribution in [0.25, 0.3) is 0 Å². The van der Waals surface area contributed by atoms with E-state index in [1.165, 1.54) is 0 Å². The van der Waals surface area contributed by atoms with Crippen molar-refractivity contribution in [2.45, 2.75) is 65.8 Å². The van der Waals surface area contributed by atoms with Gasteiger partial charge in [-0.25, -0.2) is 0 Å². The van der Waals surface area contributed by atoms with Gasteiger partial charge in [-0.1, -0.05) is 20.8 Å². The summed E-state index contributed by atoms with van der Waals surface area (Å²) in [5.74, 6) is 0. The molecule has 0 N–H and O–H groups in total. The molecule has 0 aliphatic carbocycles. The molecular formula is C12H25NOSi. The highest BCUT2D eigenvalue weighted by molar-refractivity contribution is 6.71. The summed E-state index contributed by atoms with van der Waals surface area (Å²) >= 11 is 0. The lowest BCUT2D eigenvalue weighted by Gasteiger charge is -2.35. The summed E-state index contributed by atoms with van der Waals surface area (Å²) in [4.78, 5) is 0. The van der Waals surface area contributed by atoms with Crippen molar-refractivity contribution < 1.29 is 4.43 Å². The summed E-state index contributed by atoms with van der Waals surface area (Å²) in [5, 5.41) is 8.50. The molecule has 15 heavy (non-hydrogen) atoms. The van der Waals surface area contributed by atoms with Crippen LogP contribution in [0.2, 0.25) is 19.1 Å². The van der Waals surface area contributed by atoms with Crippen molar-refractivity contribution in [1.82, 2.24) is 0 Å². The lowest BCUT2D eigenvalue weighted by Crippen LogP contribution is -2.39. The Morgan fingerprint density at radius 2 is 1.87 bits per heavy atom. The van der Waals surface area contributed by atoms with Gasteiger partial charge in [0.15, 0.2) is 8.32 Å². The average Bonchev–Trinajstić information content (AvgIpc) is 2.01. The van der Waals surface area contributed by atoms with E-state index in [1.807, 2.05) is 0 Å². The van der Waals surface area contributed by atoms with Crippen LogP contribution in [0.4, 0.5) is 0 Å². The molecule has 0 aromatic carbocycles. The van der Waals surface area contributed by atoms with Crippen LogP contribution in [0.5, 0.6) is 0 Å². The number of hydrogen-bond donors (Lipinski definition) is 0. The molecule has 0 saturated carbocycles. The molecule has 0 radical (unpaired) electrons. The zero-order chi connectivity index (χ0) is 12.1. The van der Waals surface area contributed by atoms with Crippen LogP contribution >= 0.6 is 0 Å². The van der Waals surface area contributed by atoms with E-state index in [2.05, 4.69) is 46.9 Å². The molecule has 2 nitrogen and oxygen atoms in total. The molecule has 0 aromatic heterocycles. The third-order valence-electron chi connectivity index (χ3n) is 2.78. The smallest absolute Gasteiger partial charge is 0.187 e. The van der Waals surface area contributed by atoms with Crippen molar-refractivity contribution in [2.75, 3.05) is 0 Å². The maximum atomic E-state index is 8.50. The van der Waals surface area contributed by atoms with Gasteiger partial charge in [0.1, 0.15) is 0 Å². The molecule has 1 atom stereocenters. The predicted molar refractivity (Wildman–Crippen MR) is 67.1 cm³/mol. The number of rotatable bonds is 5. The SMILES string of the molecule is CC(O[Si](C)(C)CCCC#N)C(C)(C)C. The molecule has 1 unspecified atom stereocenters. The normalized spacial score (nSPS) is 14.7. The molecule has 0 fully saturated rings. The highest BCUT2D eigenvalue weighted by Crippen LogP contribution is 2.27. The van der Waals surface area contributed by atoms with E-state index in [9.17, 15) is 0 Å². The zero-order valence-electron chi connectivity index (χ0n) is 11.1. The van der Waals surface area contributed by atoms with Gasteiger partial charge in [0, 0.05) is 12.5 Å². The molecule has 88 valence electrons. The highest BCUT2D eigenvalue weighted by Gasteiger charge is 2.29. The monoisotopic (exact) mass is 227 g/mol. The predicted octanol–water partition coefficient (Wildman–Crippen LogP) is 3.95. The van der Waals surface area contributed by atoms with Crippen LogP contribution in [-0.4, -0.2) is 14.4 Å². The topological polar surface area (TPSA) is 33.0 Å². The van der Waals surface area contributed by atoms with E-state index in [1.54, 1.807) is 0 Å². The average molecular weight is 227 g/mol. The third kappa shape index (κ3) is 6.70. The summed E-state index contributed by atoms with van der Waals surface area (Å²) in [6.07, 6.45) is 1.93. The van der Waals surface area contributed by atoms with Gasteiger partial charge >= 0.3 is 0 Å². The lowest BCUT2D eigenvalue weighted by atomic mass is 9.91. The van der Waals surface area contributed by atoms with Crippen molar-refractivity contribution in [2.24, 2.45) is 5.41 Å². The van der Waals surface area contributed by atoms with Gasteiger partial charge < -0.3 is 4.43 Å². The summed E-state index contributed by atoms with van der Waals surface area (Å²) in [7, 11) is -1.56. The number of unbranched alkanes of at least 4 members (excludes halogenated alkanes) is 1. The minimum Gasteiger partial charge on any atom is -0.414 e. The number of nitrogens with zero attached hydrogens (tertiary/aromatic N) is 1. The van der Waals surface area contributed by atoms with Crippen molar-refractivity contribution in [3.05, 3.63) is 0 Å². The Balaban J connectivity index is 4.08. The van der Waals surface area contributed by atoms with Gasteiger partial charge in [-0.05, 0) is 37.9 Å². The Hall–Kier alpha value is -0.333. The van der Waals surface area contributed by atoms with E-state index in [-0.39, 0.29) is 5.41 Å². The molecule has 0 aliphatic rings. The van der Waals surface area contributed by atoms with Crippen LogP contribution in [0.15, 0.2) is 0 Å². The Morgan fingerprint density at radius 3 is 2.27 bits per heavy atom. The van der Waals surface area contributed by atoms with Crippen LogP contribution in [0.1, 0.15) is 40.5 Å². The fourth-order valence-electron chi connectivity index (χ4n) is 1.31. The first-order chi connectivity index (χ1) is 6.69. The molecule has 0 spiro atoms. The first-order valence-electron chi connectivity index (χ1n) is 5.74. The number of nitriles is 1. The van der Waals surface area contributed by atoms with Crippen LogP contribution in [0, 0.1) is 16.7 Å². The second-order valence-electron chi connectivity index (χ2n) is 5.90. The van der Waals surface area contributed by atoms with Gasteiger partial charge in [0.25, 0.3) is 0 Å². The summed E-state index contributed by atoms with van der Waals surface area (Å²) in [6.45, 7) is 13.3. The van der Waals surface area contributed by atoms with Gasteiger partial charge in [0.2, 0.25) is 0 Å². The first kappa shape index (κ1) is 14.7. The molecule has 3 heteroatoms. The molecule has 0 bridgehead atoms. The van der Waals surface area contributed by atoms with Crippen molar-refractivity contribution >= 4 is 8.32 Å². The van der Waals surface area contributed by atoms with Crippen molar-refractivity contribution in [3.63, 3.8) is 0 Å². The lowest BCUT2D eigenvalue weighted by molar-refractivity contribution is 0.0948. The number of hydrogen-bond acceptors (Lipinski definition) is 2. The molecule has 0 saturated heterocycles. The third-order valence-corrected chi connectivity index (χ3v) is 5.33. The molecule has 0 rings (SSSR count). The fourth-order valence-corrected chi connectivity index (χ4v) is 3.76. The van der Waals surface area contributed by atoms with E-state index < -0.39 is 8.32 Å². The fraction of sp³-hybridized carbons (Fsp3) is 0.917. The largest absolute Gasteiger partial charge is 0.414 e. The molecular weight excluding hydrogens is 202 g/mol. The molecule has 0 heterocycles. The van der Waals surface area contributed by atoms with E-state index >= 15 is 0 Å². The van der Waals surface area contributed by atoms with Crippen molar-refractivity contribution in [3.8, 4) is 6.07 Å². The summed E-state index contributed by atoms with van der Waals surface area (Å²) < 4.78 is 6.18.